The van der Waals surface area contributed by atoms with E-state index in [1.54, 1.807) is 0 Å². The zero-order chi connectivity index (χ0) is 22.7. The summed E-state index contributed by atoms with van der Waals surface area (Å²) in [6, 6.07) is 31.1. The lowest BCUT2D eigenvalue weighted by Gasteiger charge is -2.40. The molecule has 0 unspecified atom stereocenters. The van der Waals surface area contributed by atoms with E-state index in [2.05, 4.69) is 72.8 Å². The summed E-state index contributed by atoms with van der Waals surface area (Å²) in [4.78, 5) is 0. The Kier molecular flexibility index (Phi) is 4.79. The fourth-order valence-corrected chi connectivity index (χ4v) is 6.18. The molecule has 5 atom stereocenters. The van der Waals surface area contributed by atoms with Gasteiger partial charge in [-0.15, -0.1) is 0 Å². The number of fused-ring (bicyclic) bond motifs is 3. The predicted molar refractivity (Wildman–Crippen MR) is 126 cm³/mol. The van der Waals surface area contributed by atoms with Crippen molar-refractivity contribution < 1.29 is 19.3 Å². The quantitative estimate of drug-likeness (QED) is 0.552. The summed E-state index contributed by atoms with van der Waals surface area (Å²) in [5, 5.41) is 10.9. The highest BCUT2D eigenvalue weighted by molar-refractivity contribution is 5.47. The summed E-state index contributed by atoms with van der Waals surface area (Å²) in [6.07, 6.45) is 0.0615. The van der Waals surface area contributed by atoms with Gasteiger partial charge in [0.05, 0.1) is 12.7 Å². The van der Waals surface area contributed by atoms with Gasteiger partial charge in [-0.1, -0.05) is 91.0 Å². The Morgan fingerprint density at radius 3 is 1.82 bits per heavy atom. The largest absolute Gasteiger partial charge is 0.390 e. The van der Waals surface area contributed by atoms with E-state index in [1.807, 2.05) is 32.0 Å². The number of hydrogen-bond donors (Lipinski definition) is 1. The van der Waals surface area contributed by atoms with Gasteiger partial charge in [-0.05, 0) is 48.8 Å². The second-order valence-electron chi connectivity index (χ2n) is 10.1. The van der Waals surface area contributed by atoms with Gasteiger partial charge in [0.25, 0.3) is 0 Å². The van der Waals surface area contributed by atoms with E-state index >= 15 is 0 Å². The standard InChI is InChI=1S/C29H30O4/c1-27(2)32-26-25(30)23-18-24(23)28(26,33-27)19-31-29(20-12-6-3-7-13-20,21-14-8-4-9-15-21)22-16-10-5-11-17-22/h3-17,23-26,30H,18-19H2,1-2H3/t23-,24+,25-,26-,28+/m0/s1. The van der Waals surface area contributed by atoms with E-state index in [9.17, 15) is 5.11 Å². The first kappa shape index (κ1) is 21.1. The molecule has 0 aromatic heterocycles. The van der Waals surface area contributed by atoms with Gasteiger partial charge in [0, 0.05) is 0 Å². The van der Waals surface area contributed by atoms with Gasteiger partial charge in [0.2, 0.25) is 0 Å². The first-order chi connectivity index (χ1) is 16.0. The van der Waals surface area contributed by atoms with Gasteiger partial charge in [0.1, 0.15) is 17.3 Å². The molecule has 4 nitrogen and oxygen atoms in total. The van der Waals surface area contributed by atoms with Crippen LogP contribution in [-0.2, 0) is 19.8 Å². The monoisotopic (exact) mass is 442 g/mol. The second kappa shape index (κ2) is 7.51. The van der Waals surface area contributed by atoms with Crippen molar-refractivity contribution in [1.29, 1.82) is 0 Å². The lowest BCUT2D eigenvalue weighted by Crippen LogP contribution is -2.50. The van der Waals surface area contributed by atoms with Crippen LogP contribution < -0.4 is 0 Å². The summed E-state index contributed by atoms with van der Waals surface area (Å²) < 4.78 is 19.9. The highest BCUT2D eigenvalue weighted by Gasteiger charge is 2.74. The molecule has 6 rings (SSSR count). The van der Waals surface area contributed by atoms with Crippen molar-refractivity contribution in [3.05, 3.63) is 108 Å². The topological polar surface area (TPSA) is 47.9 Å². The zero-order valence-electron chi connectivity index (χ0n) is 19.1. The molecular weight excluding hydrogens is 412 g/mol. The highest BCUT2D eigenvalue weighted by Crippen LogP contribution is 2.64. The van der Waals surface area contributed by atoms with Crippen molar-refractivity contribution >= 4 is 0 Å². The Morgan fingerprint density at radius 1 is 0.848 bits per heavy atom. The Labute approximate surface area is 195 Å². The average Bonchev–Trinajstić information content (AvgIpc) is 3.56. The van der Waals surface area contributed by atoms with E-state index in [4.69, 9.17) is 14.2 Å². The Balaban J connectivity index is 1.48. The van der Waals surface area contributed by atoms with E-state index in [-0.39, 0.29) is 17.9 Å². The smallest absolute Gasteiger partial charge is 0.164 e. The third-order valence-electron chi connectivity index (χ3n) is 7.60. The Hall–Kier alpha value is -2.50. The number of aliphatic hydroxyl groups excluding tert-OH is 1. The van der Waals surface area contributed by atoms with Crippen molar-refractivity contribution in [1.82, 2.24) is 0 Å². The lowest BCUT2D eigenvalue weighted by molar-refractivity contribution is -0.190. The SMILES string of the molecule is CC1(C)O[C@H]2[C@@H](O)[C@H]3C[C@H]3[C@@]2(COC(c2ccccc2)(c2ccccc2)c2ccccc2)O1. The molecule has 1 aliphatic heterocycles. The predicted octanol–water partition coefficient (Wildman–Crippen LogP) is 4.90. The van der Waals surface area contributed by atoms with E-state index in [1.165, 1.54) is 0 Å². The van der Waals surface area contributed by atoms with Crippen LogP contribution >= 0.6 is 0 Å². The molecule has 2 saturated carbocycles. The third kappa shape index (κ3) is 3.20. The molecule has 2 aliphatic carbocycles. The summed E-state index contributed by atoms with van der Waals surface area (Å²) >= 11 is 0. The summed E-state index contributed by atoms with van der Waals surface area (Å²) in [5.41, 5.74) is 1.69. The Morgan fingerprint density at radius 2 is 1.33 bits per heavy atom. The summed E-state index contributed by atoms with van der Waals surface area (Å²) in [6.45, 7) is 4.18. The van der Waals surface area contributed by atoms with Crippen LogP contribution in [0.15, 0.2) is 91.0 Å². The molecule has 0 bridgehead atoms. The van der Waals surface area contributed by atoms with Crippen LogP contribution in [0.5, 0.6) is 0 Å². The van der Waals surface area contributed by atoms with Crippen LogP contribution in [0.4, 0.5) is 0 Å². The van der Waals surface area contributed by atoms with Gasteiger partial charge in [-0.2, -0.15) is 0 Å². The van der Waals surface area contributed by atoms with Crippen molar-refractivity contribution in [2.24, 2.45) is 11.8 Å². The Bertz CT molecular complexity index is 1020. The molecule has 1 saturated heterocycles. The molecule has 4 heteroatoms. The number of hydrogen-bond acceptors (Lipinski definition) is 4. The number of benzene rings is 3. The van der Waals surface area contributed by atoms with Crippen molar-refractivity contribution in [2.75, 3.05) is 6.61 Å². The average molecular weight is 443 g/mol. The van der Waals surface area contributed by atoms with Gasteiger partial charge < -0.3 is 19.3 Å². The van der Waals surface area contributed by atoms with Crippen LogP contribution in [0.25, 0.3) is 0 Å². The van der Waals surface area contributed by atoms with Crippen LogP contribution in [-0.4, -0.2) is 35.3 Å². The van der Waals surface area contributed by atoms with E-state index < -0.39 is 23.1 Å². The molecule has 170 valence electrons. The van der Waals surface area contributed by atoms with Crippen molar-refractivity contribution in [3.8, 4) is 0 Å². The minimum atomic E-state index is -0.822. The molecule has 3 aromatic carbocycles. The van der Waals surface area contributed by atoms with Gasteiger partial charge in [-0.25, -0.2) is 0 Å². The second-order valence-corrected chi connectivity index (χ2v) is 10.1. The minimum Gasteiger partial charge on any atom is -0.390 e. The zero-order valence-corrected chi connectivity index (χ0v) is 19.1. The number of aliphatic hydroxyl groups is 1. The molecule has 0 spiro atoms. The van der Waals surface area contributed by atoms with Gasteiger partial charge in [-0.3, -0.25) is 0 Å². The fourth-order valence-electron chi connectivity index (χ4n) is 6.18. The maximum atomic E-state index is 10.9. The molecule has 1 N–H and O–H groups in total. The fraction of sp³-hybridized carbons (Fsp3) is 0.379. The van der Waals surface area contributed by atoms with Crippen LogP contribution in [0, 0.1) is 11.8 Å². The first-order valence-electron chi connectivity index (χ1n) is 11.8. The molecule has 3 aliphatic rings. The normalized spacial score (nSPS) is 31.7. The molecule has 33 heavy (non-hydrogen) atoms. The summed E-state index contributed by atoms with van der Waals surface area (Å²) in [7, 11) is 0. The number of ether oxygens (including phenoxy) is 3. The molecule has 0 amide bonds. The number of rotatable bonds is 6. The van der Waals surface area contributed by atoms with Gasteiger partial charge >= 0.3 is 0 Å². The maximum Gasteiger partial charge on any atom is 0.164 e. The first-order valence-corrected chi connectivity index (χ1v) is 11.8. The van der Waals surface area contributed by atoms with Crippen molar-refractivity contribution in [3.63, 3.8) is 0 Å². The van der Waals surface area contributed by atoms with Crippen molar-refractivity contribution in [2.45, 2.75) is 49.5 Å². The summed E-state index contributed by atoms with van der Waals surface area (Å²) in [5.74, 6) is -0.272. The molecule has 3 aromatic rings. The van der Waals surface area contributed by atoms with Gasteiger partial charge in [0.15, 0.2) is 5.79 Å². The van der Waals surface area contributed by atoms with Crippen LogP contribution in [0.1, 0.15) is 37.0 Å². The van der Waals surface area contributed by atoms with Crippen LogP contribution in [0.2, 0.25) is 0 Å². The molecular formula is C29H30O4. The molecule has 3 fully saturated rings. The van der Waals surface area contributed by atoms with E-state index in [0.29, 0.717) is 6.61 Å². The molecule has 1 heterocycles. The van der Waals surface area contributed by atoms with Crippen LogP contribution in [0.3, 0.4) is 0 Å². The maximum absolute atomic E-state index is 10.9. The third-order valence-corrected chi connectivity index (χ3v) is 7.60. The molecule has 0 radical (unpaired) electrons. The highest BCUT2D eigenvalue weighted by atomic mass is 16.8. The lowest BCUT2D eigenvalue weighted by atomic mass is 9.79. The van der Waals surface area contributed by atoms with E-state index in [0.717, 1.165) is 23.1 Å². The minimum absolute atomic E-state index is 0.231.